The number of aromatic amines is 1. The third-order valence-electron chi connectivity index (χ3n) is 4.38. The predicted molar refractivity (Wildman–Crippen MR) is 99.7 cm³/mol. The maximum absolute atomic E-state index is 12.3. The van der Waals surface area contributed by atoms with Gasteiger partial charge in [-0.3, -0.25) is 14.3 Å². The number of pyridine rings is 1. The first-order valence-corrected chi connectivity index (χ1v) is 9.05. The number of esters is 1. The first kappa shape index (κ1) is 19.3. The molecule has 0 unspecified atom stereocenters. The van der Waals surface area contributed by atoms with E-state index in [0.717, 1.165) is 12.8 Å². The summed E-state index contributed by atoms with van der Waals surface area (Å²) in [7, 11) is 0. The van der Waals surface area contributed by atoms with Gasteiger partial charge >= 0.3 is 17.4 Å². The Hall–Kier alpha value is -3.43. The highest BCUT2D eigenvalue weighted by Gasteiger charge is 2.21. The van der Waals surface area contributed by atoms with Crippen molar-refractivity contribution in [1.29, 1.82) is 0 Å². The first-order chi connectivity index (χ1) is 13.5. The van der Waals surface area contributed by atoms with Crippen LogP contribution in [0.3, 0.4) is 0 Å². The van der Waals surface area contributed by atoms with Crippen LogP contribution < -0.4 is 16.0 Å². The van der Waals surface area contributed by atoms with Gasteiger partial charge in [0.15, 0.2) is 17.4 Å². The van der Waals surface area contributed by atoms with E-state index < -0.39 is 17.2 Å². The number of fused-ring (bicyclic) bond motifs is 1. The summed E-state index contributed by atoms with van der Waals surface area (Å²) in [6.07, 6.45) is 2.82. The van der Waals surface area contributed by atoms with Crippen molar-refractivity contribution >= 4 is 17.1 Å². The molecular weight excluding hydrogens is 366 g/mol. The second-order valence-electron chi connectivity index (χ2n) is 6.20. The van der Waals surface area contributed by atoms with Gasteiger partial charge in [0.1, 0.15) is 12.4 Å². The molecule has 0 radical (unpaired) electrons. The molecule has 3 aromatic heterocycles. The van der Waals surface area contributed by atoms with E-state index in [1.54, 1.807) is 10.6 Å². The van der Waals surface area contributed by atoms with Gasteiger partial charge < -0.3 is 14.5 Å². The molecule has 0 aliphatic heterocycles. The molecule has 0 bridgehead atoms. The van der Waals surface area contributed by atoms with E-state index in [4.69, 9.17) is 4.74 Å². The summed E-state index contributed by atoms with van der Waals surface area (Å²) in [5.41, 5.74) is -0.706. The second kappa shape index (κ2) is 8.07. The minimum Gasteiger partial charge on any atom is -0.618 e. The maximum Gasteiger partial charge on any atom is 0.405 e. The van der Waals surface area contributed by atoms with Crippen molar-refractivity contribution in [2.75, 3.05) is 0 Å². The number of rotatable bonds is 7. The summed E-state index contributed by atoms with van der Waals surface area (Å²) < 4.78 is 8.64. The standard InChI is InChI=1S/C18H21N5O5/c1-3-5-9-22-15-14(16(24)20-18(22)26)21(4-2)13(19-15)11-28-17(25)12-8-6-7-10-23(12)27/h6-8,10H,3-5,9,11H2,1-2H3,(H,20,24,26). The Morgan fingerprint density at radius 2 is 2.07 bits per heavy atom. The van der Waals surface area contributed by atoms with E-state index in [2.05, 4.69) is 9.97 Å². The molecule has 0 saturated carbocycles. The molecule has 0 saturated heterocycles. The smallest absolute Gasteiger partial charge is 0.405 e. The van der Waals surface area contributed by atoms with E-state index in [9.17, 15) is 19.6 Å². The van der Waals surface area contributed by atoms with Crippen LogP contribution in [0.15, 0.2) is 34.0 Å². The third kappa shape index (κ3) is 3.53. The van der Waals surface area contributed by atoms with Crippen LogP contribution in [0.4, 0.5) is 0 Å². The zero-order valence-corrected chi connectivity index (χ0v) is 15.7. The Kier molecular flexibility index (Phi) is 5.57. The fourth-order valence-corrected chi connectivity index (χ4v) is 2.98. The minimum atomic E-state index is -0.803. The SMILES string of the molecule is CCCCn1c(=O)[nH]c(=O)c2c1nc(COC(=O)c1cccc[n+]1[O-])n2CC. The number of carbonyl (C=O) groups excluding carboxylic acids is 1. The van der Waals surface area contributed by atoms with Crippen molar-refractivity contribution in [2.45, 2.75) is 46.4 Å². The van der Waals surface area contributed by atoms with Gasteiger partial charge in [-0.2, -0.15) is 4.73 Å². The highest BCUT2D eigenvalue weighted by Crippen LogP contribution is 2.13. The Labute approximate surface area is 159 Å². The molecular formula is C18H21N5O5. The quantitative estimate of drug-likeness (QED) is 0.361. The highest BCUT2D eigenvalue weighted by molar-refractivity contribution is 5.85. The fraction of sp³-hybridized carbons (Fsp3) is 0.389. The molecule has 10 nitrogen and oxygen atoms in total. The van der Waals surface area contributed by atoms with Crippen LogP contribution >= 0.6 is 0 Å². The van der Waals surface area contributed by atoms with Gasteiger partial charge in [0.2, 0.25) is 0 Å². The van der Waals surface area contributed by atoms with E-state index >= 15 is 0 Å². The number of aromatic nitrogens is 5. The Balaban J connectivity index is 1.98. The zero-order chi connectivity index (χ0) is 20.3. The number of hydrogen-bond donors (Lipinski definition) is 1. The summed E-state index contributed by atoms with van der Waals surface area (Å²) >= 11 is 0. The predicted octanol–water partition coefficient (Wildman–Crippen LogP) is 0.697. The summed E-state index contributed by atoms with van der Waals surface area (Å²) in [5.74, 6) is -0.483. The monoisotopic (exact) mass is 387 g/mol. The molecule has 0 atom stereocenters. The molecule has 3 rings (SSSR count). The first-order valence-electron chi connectivity index (χ1n) is 9.05. The highest BCUT2D eigenvalue weighted by atomic mass is 16.5. The van der Waals surface area contributed by atoms with Crippen molar-refractivity contribution in [3.05, 3.63) is 62.0 Å². The molecule has 1 N–H and O–H groups in total. The summed E-state index contributed by atoms with van der Waals surface area (Å²) in [5, 5.41) is 11.7. The molecule has 0 amide bonds. The van der Waals surface area contributed by atoms with Gasteiger partial charge in [-0.15, -0.1) is 0 Å². The van der Waals surface area contributed by atoms with Crippen molar-refractivity contribution in [3.63, 3.8) is 0 Å². The van der Waals surface area contributed by atoms with Crippen LogP contribution in [-0.2, 0) is 24.4 Å². The molecule has 0 spiro atoms. The average Bonchev–Trinajstić information content (AvgIpc) is 3.05. The van der Waals surface area contributed by atoms with E-state index in [1.807, 2.05) is 13.8 Å². The lowest BCUT2D eigenvalue weighted by atomic mass is 10.3. The van der Waals surface area contributed by atoms with Crippen LogP contribution in [0.25, 0.3) is 11.2 Å². The number of hydrogen-bond acceptors (Lipinski definition) is 6. The Morgan fingerprint density at radius 3 is 2.75 bits per heavy atom. The number of ether oxygens (including phenoxy) is 1. The van der Waals surface area contributed by atoms with E-state index in [0.29, 0.717) is 23.6 Å². The van der Waals surface area contributed by atoms with Crippen LogP contribution in [0.1, 0.15) is 43.0 Å². The second-order valence-corrected chi connectivity index (χ2v) is 6.20. The van der Waals surface area contributed by atoms with Gasteiger partial charge in [0.05, 0.1) is 0 Å². The Bertz CT molecular complexity index is 1130. The van der Waals surface area contributed by atoms with Crippen LogP contribution in [-0.4, -0.2) is 25.1 Å². The van der Waals surface area contributed by atoms with Gasteiger partial charge in [-0.05, 0) is 19.4 Å². The average molecular weight is 387 g/mol. The number of carbonyl (C=O) groups is 1. The van der Waals surface area contributed by atoms with E-state index in [1.165, 1.54) is 22.9 Å². The number of nitrogens with zero attached hydrogens (tertiary/aromatic N) is 4. The summed E-state index contributed by atoms with van der Waals surface area (Å²) in [6.45, 7) is 4.39. The zero-order valence-electron chi connectivity index (χ0n) is 15.7. The van der Waals surface area contributed by atoms with Crippen molar-refractivity contribution in [2.24, 2.45) is 0 Å². The molecule has 0 aliphatic carbocycles. The Morgan fingerprint density at radius 1 is 1.29 bits per heavy atom. The van der Waals surface area contributed by atoms with Crippen molar-refractivity contribution in [3.8, 4) is 0 Å². The molecule has 28 heavy (non-hydrogen) atoms. The van der Waals surface area contributed by atoms with Crippen LogP contribution in [0, 0.1) is 5.21 Å². The molecule has 0 aliphatic rings. The molecule has 0 aromatic carbocycles. The molecule has 0 fully saturated rings. The summed E-state index contributed by atoms with van der Waals surface area (Å²) in [4.78, 5) is 43.4. The largest absolute Gasteiger partial charge is 0.618 e. The van der Waals surface area contributed by atoms with Gasteiger partial charge in [0.25, 0.3) is 5.56 Å². The van der Waals surface area contributed by atoms with Crippen LogP contribution in [0.2, 0.25) is 0 Å². The fourth-order valence-electron chi connectivity index (χ4n) is 2.98. The minimum absolute atomic E-state index is 0.153. The lowest BCUT2D eigenvalue weighted by molar-refractivity contribution is -0.608. The summed E-state index contributed by atoms with van der Waals surface area (Å²) in [6, 6.07) is 4.41. The molecule has 10 heteroatoms. The van der Waals surface area contributed by atoms with Crippen molar-refractivity contribution < 1.29 is 14.3 Å². The number of nitrogens with one attached hydrogen (secondary N) is 1. The molecule has 3 aromatic rings. The van der Waals surface area contributed by atoms with Crippen LogP contribution in [0.5, 0.6) is 0 Å². The van der Waals surface area contributed by atoms with Crippen molar-refractivity contribution in [1.82, 2.24) is 19.1 Å². The number of H-pyrrole nitrogens is 1. The molecule has 148 valence electrons. The number of aryl methyl sites for hydroxylation is 2. The number of unbranched alkanes of at least 4 members (excludes halogenated alkanes) is 1. The lowest BCUT2D eigenvalue weighted by Crippen LogP contribution is -2.34. The normalized spacial score (nSPS) is 11.1. The number of imidazole rings is 1. The lowest BCUT2D eigenvalue weighted by Gasteiger charge is -2.07. The topological polar surface area (TPSA) is 126 Å². The molecule has 3 heterocycles. The maximum atomic E-state index is 12.3. The van der Waals surface area contributed by atoms with E-state index in [-0.39, 0.29) is 23.5 Å². The van der Waals surface area contributed by atoms with Gasteiger partial charge in [0, 0.05) is 25.2 Å². The third-order valence-corrected chi connectivity index (χ3v) is 4.38. The van der Waals surface area contributed by atoms with Gasteiger partial charge in [-0.25, -0.2) is 14.6 Å². The van der Waals surface area contributed by atoms with Gasteiger partial charge in [-0.1, -0.05) is 13.3 Å².